The lowest BCUT2D eigenvalue weighted by Gasteiger charge is -2.08. The van der Waals surface area contributed by atoms with Gasteiger partial charge in [-0.05, 0) is 30.0 Å². The quantitative estimate of drug-likeness (QED) is 0.530. The summed E-state index contributed by atoms with van der Waals surface area (Å²) in [5.41, 5.74) is 5.06. The molecular weight excluding hydrogens is 230 g/mol. The molecule has 0 N–H and O–H groups in total. The van der Waals surface area contributed by atoms with E-state index in [1.165, 1.54) is 28.7 Å². The molecule has 0 bridgehead atoms. The number of nitrogens with zero attached hydrogens (tertiary/aromatic N) is 1. The molecule has 0 atom stereocenters. The minimum Gasteiger partial charge on any atom is -0.293 e. The number of hydrogen-bond donors (Lipinski definition) is 0. The van der Waals surface area contributed by atoms with Gasteiger partial charge < -0.3 is 0 Å². The average molecular weight is 251 g/mol. The Morgan fingerprint density at radius 2 is 1.63 bits per heavy atom. The molecule has 0 aliphatic carbocycles. The van der Waals surface area contributed by atoms with E-state index in [0.29, 0.717) is 0 Å². The predicted molar refractivity (Wildman–Crippen MR) is 84.0 cm³/mol. The SMILES string of the molecule is CCCCN=Cc1ccccc1-c1ccccc1C. The third-order valence-electron chi connectivity index (χ3n) is 3.27. The van der Waals surface area contributed by atoms with Crippen molar-refractivity contribution in [3.05, 3.63) is 59.7 Å². The first-order chi connectivity index (χ1) is 9.33. The second kappa shape index (κ2) is 6.89. The molecule has 1 heteroatoms. The van der Waals surface area contributed by atoms with E-state index >= 15 is 0 Å². The zero-order valence-corrected chi connectivity index (χ0v) is 11.8. The Morgan fingerprint density at radius 1 is 0.947 bits per heavy atom. The Kier molecular flexibility index (Phi) is 4.91. The molecule has 0 heterocycles. The maximum absolute atomic E-state index is 4.52. The zero-order chi connectivity index (χ0) is 13.5. The molecule has 2 aromatic carbocycles. The van der Waals surface area contributed by atoms with E-state index in [1.54, 1.807) is 0 Å². The third kappa shape index (κ3) is 3.54. The van der Waals surface area contributed by atoms with Crippen LogP contribution in [0.1, 0.15) is 30.9 Å². The van der Waals surface area contributed by atoms with Gasteiger partial charge in [0.2, 0.25) is 0 Å². The largest absolute Gasteiger partial charge is 0.293 e. The van der Waals surface area contributed by atoms with Crippen molar-refractivity contribution >= 4 is 6.21 Å². The van der Waals surface area contributed by atoms with E-state index in [9.17, 15) is 0 Å². The maximum atomic E-state index is 4.52. The van der Waals surface area contributed by atoms with Gasteiger partial charge in [0, 0.05) is 18.3 Å². The van der Waals surface area contributed by atoms with Gasteiger partial charge in [-0.15, -0.1) is 0 Å². The van der Waals surface area contributed by atoms with Crippen LogP contribution >= 0.6 is 0 Å². The van der Waals surface area contributed by atoms with Crippen LogP contribution in [0, 0.1) is 6.92 Å². The highest BCUT2D eigenvalue weighted by atomic mass is 14.7. The fourth-order valence-electron chi connectivity index (χ4n) is 2.14. The van der Waals surface area contributed by atoms with Crippen LogP contribution in [-0.4, -0.2) is 12.8 Å². The van der Waals surface area contributed by atoms with Crippen LogP contribution in [0.3, 0.4) is 0 Å². The van der Waals surface area contributed by atoms with Crippen LogP contribution in [0.5, 0.6) is 0 Å². The van der Waals surface area contributed by atoms with Crippen molar-refractivity contribution in [1.82, 2.24) is 0 Å². The van der Waals surface area contributed by atoms with Crippen LogP contribution in [0.25, 0.3) is 11.1 Å². The Labute approximate surface area is 116 Å². The Balaban J connectivity index is 2.31. The molecule has 0 spiro atoms. The topological polar surface area (TPSA) is 12.4 Å². The molecule has 0 amide bonds. The van der Waals surface area contributed by atoms with E-state index in [1.807, 2.05) is 6.21 Å². The molecule has 19 heavy (non-hydrogen) atoms. The summed E-state index contributed by atoms with van der Waals surface area (Å²) in [6.07, 6.45) is 4.36. The normalized spacial score (nSPS) is 11.1. The second-order valence-electron chi connectivity index (χ2n) is 4.79. The molecule has 2 rings (SSSR count). The van der Waals surface area contributed by atoms with Gasteiger partial charge in [-0.25, -0.2) is 0 Å². The van der Waals surface area contributed by atoms with E-state index in [4.69, 9.17) is 0 Å². The minimum atomic E-state index is 0.915. The summed E-state index contributed by atoms with van der Waals surface area (Å²) in [6.45, 7) is 5.26. The highest BCUT2D eigenvalue weighted by Gasteiger charge is 2.04. The van der Waals surface area contributed by atoms with Crippen LogP contribution in [-0.2, 0) is 0 Å². The van der Waals surface area contributed by atoms with Crippen LogP contribution in [0.15, 0.2) is 53.5 Å². The predicted octanol–water partition coefficient (Wildman–Crippen LogP) is 4.88. The summed E-state index contributed by atoms with van der Waals surface area (Å²) in [5, 5.41) is 0. The Bertz CT molecular complexity index is 555. The van der Waals surface area contributed by atoms with Crippen molar-refractivity contribution in [2.75, 3.05) is 6.54 Å². The van der Waals surface area contributed by atoms with E-state index in [-0.39, 0.29) is 0 Å². The summed E-state index contributed by atoms with van der Waals surface area (Å²) in [5.74, 6) is 0. The van der Waals surface area contributed by atoms with Crippen LogP contribution in [0.2, 0.25) is 0 Å². The number of rotatable bonds is 5. The van der Waals surface area contributed by atoms with E-state index < -0.39 is 0 Å². The van der Waals surface area contributed by atoms with Crippen molar-refractivity contribution in [3.63, 3.8) is 0 Å². The van der Waals surface area contributed by atoms with Crippen LogP contribution in [0.4, 0.5) is 0 Å². The number of hydrogen-bond acceptors (Lipinski definition) is 1. The lowest BCUT2D eigenvalue weighted by molar-refractivity contribution is 0.810. The van der Waals surface area contributed by atoms with Crippen molar-refractivity contribution in [1.29, 1.82) is 0 Å². The summed E-state index contributed by atoms with van der Waals surface area (Å²) >= 11 is 0. The molecule has 98 valence electrons. The van der Waals surface area contributed by atoms with Gasteiger partial charge in [-0.1, -0.05) is 61.9 Å². The molecule has 2 aromatic rings. The average Bonchev–Trinajstić information content (AvgIpc) is 2.45. The zero-order valence-electron chi connectivity index (χ0n) is 11.8. The Hall–Kier alpha value is -1.89. The number of aryl methyl sites for hydroxylation is 1. The van der Waals surface area contributed by atoms with Gasteiger partial charge in [0.1, 0.15) is 0 Å². The molecule has 0 saturated heterocycles. The first-order valence-electron chi connectivity index (χ1n) is 6.97. The molecule has 0 fully saturated rings. The summed E-state index contributed by atoms with van der Waals surface area (Å²) in [7, 11) is 0. The monoisotopic (exact) mass is 251 g/mol. The first-order valence-corrected chi connectivity index (χ1v) is 6.97. The Morgan fingerprint density at radius 3 is 2.37 bits per heavy atom. The smallest absolute Gasteiger partial charge is 0.0389 e. The van der Waals surface area contributed by atoms with E-state index in [0.717, 1.165) is 13.0 Å². The van der Waals surface area contributed by atoms with Crippen molar-refractivity contribution in [3.8, 4) is 11.1 Å². The van der Waals surface area contributed by atoms with Gasteiger partial charge in [0.25, 0.3) is 0 Å². The first kappa shape index (κ1) is 13.5. The van der Waals surface area contributed by atoms with E-state index in [2.05, 4.69) is 67.4 Å². The molecule has 0 saturated carbocycles. The molecule has 1 nitrogen and oxygen atoms in total. The summed E-state index contributed by atoms with van der Waals surface area (Å²) < 4.78 is 0. The van der Waals surface area contributed by atoms with Crippen LogP contribution < -0.4 is 0 Å². The molecule has 0 aliphatic rings. The number of unbranched alkanes of at least 4 members (excludes halogenated alkanes) is 1. The highest BCUT2D eigenvalue weighted by molar-refractivity contribution is 5.91. The van der Waals surface area contributed by atoms with Gasteiger partial charge in [-0.2, -0.15) is 0 Å². The highest BCUT2D eigenvalue weighted by Crippen LogP contribution is 2.25. The lowest BCUT2D eigenvalue weighted by Crippen LogP contribution is -1.91. The molecule has 0 radical (unpaired) electrons. The second-order valence-corrected chi connectivity index (χ2v) is 4.79. The van der Waals surface area contributed by atoms with Gasteiger partial charge in [0.05, 0.1) is 0 Å². The molecule has 0 aliphatic heterocycles. The van der Waals surface area contributed by atoms with Gasteiger partial charge in [-0.3, -0.25) is 4.99 Å². The fourth-order valence-corrected chi connectivity index (χ4v) is 2.14. The van der Waals surface area contributed by atoms with Crippen molar-refractivity contribution in [2.45, 2.75) is 26.7 Å². The van der Waals surface area contributed by atoms with Crippen molar-refractivity contribution < 1.29 is 0 Å². The lowest BCUT2D eigenvalue weighted by atomic mass is 9.96. The standard InChI is InChI=1S/C18H21N/c1-3-4-13-19-14-16-10-6-8-12-18(16)17-11-7-5-9-15(17)2/h5-12,14H,3-4,13H2,1-2H3. The maximum Gasteiger partial charge on any atom is 0.0389 e. The van der Waals surface area contributed by atoms with Gasteiger partial charge >= 0.3 is 0 Å². The van der Waals surface area contributed by atoms with Crippen molar-refractivity contribution in [2.24, 2.45) is 4.99 Å². The summed E-state index contributed by atoms with van der Waals surface area (Å²) in [6, 6.07) is 17.0. The number of aliphatic imine (C=N–C) groups is 1. The minimum absolute atomic E-state index is 0.915. The molecule has 0 unspecified atom stereocenters. The van der Waals surface area contributed by atoms with Gasteiger partial charge in [0.15, 0.2) is 0 Å². The summed E-state index contributed by atoms with van der Waals surface area (Å²) in [4.78, 5) is 4.52. The molecular formula is C18H21N. The molecule has 0 aromatic heterocycles. The third-order valence-corrected chi connectivity index (χ3v) is 3.27. The number of benzene rings is 2. The fraction of sp³-hybridized carbons (Fsp3) is 0.278.